The van der Waals surface area contributed by atoms with Crippen molar-refractivity contribution in [2.45, 2.75) is 6.42 Å². The van der Waals surface area contributed by atoms with Crippen molar-refractivity contribution in [1.82, 2.24) is 4.98 Å². The average molecular weight is 417 g/mol. The van der Waals surface area contributed by atoms with Crippen LogP contribution in [0.2, 0.25) is 0 Å². The first-order valence-corrected chi connectivity index (χ1v) is 11.3. The van der Waals surface area contributed by atoms with E-state index in [9.17, 15) is 13.2 Å². The molecule has 0 spiro atoms. The average Bonchev–Trinajstić information content (AvgIpc) is 3.23. The second kappa shape index (κ2) is 7.11. The van der Waals surface area contributed by atoms with Crippen LogP contribution in [0.1, 0.15) is 21.5 Å². The van der Waals surface area contributed by atoms with Gasteiger partial charge in [-0.05, 0) is 60.0 Å². The van der Waals surface area contributed by atoms with Crippen molar-refractivity contribution >= 4 is 33.4 Å². The van der Waals surface area contributed by atoms with Crippen LogP contribution < -0.4 is 9.62 Å². The lowest BCUT2D eigenvalue weighted by atomic mass is 10.0. The van der Waals surface area contributed by atoms with Crippen LogP contribution in [0.3, 0.4) is 0 Å². The van der Waals surface area contributed by atoms with Crippen LogP contribution in [0.4, 0.5) is 11.4 Å². The first-order valence-electron chi connectivity index (χ1n) is 9.68. The number of allylic oxidation sites excluding steroid dienone is 1. The molecule has 0 unspecified atom stereocenters. The zero-order chi connectivity index (χ0) is 20.7. The van der Waals surface area contributed by atoms with E-state index in [1.54, 1.807) is 30.5 Å². The number of aromatic nitrogens is 1. The summed E-state index contributed by atoms with van der Waals surface area (Å²) in [6.07, 6.45) is 6.88. The van der Waals surface area contributed by atoms with Gasteiger partial charge in [0.25, 0.3) is 5.91 Å². The summed E-state index contributed by atoms with van der Waals surface area (Å²) < 4.78 is 24.8. The summed E-state index contributed by atoms with van der Waals surface area (Å²) in [5, 5.41) is 2.91. The Balaban J connectivity index is 1.35. The molecule has 0 atom stereocenters. The largest absolute Gasteiger partial charge is 0.322 e. The van der Waals surface area contributed by atoms with Gasteiger partial charge in [0, 0.05) is 29.6 Å². The van der Waals surface area contributed by atoms with Crippen molar-refractivity contribution < 1.29 is 13.2 Å². The number of fused-ring (bicyclic) bond motifs is 1. The molecule has 0 saturated carbocycles. The summed E-state index contributed by atoms with van der Waals surface area (Å²) in [5.74, 6) is -0.0840. The predicted octanol–water partition coefficient (Wildman–Crippen LogP) is 3.72. The SMILES string of the molecule is O=C(Nc1cccc(-c2nccc3c2CC=C3)c1)c1ccc(N2CCS2(=O)=O)cc1. The minimum atomic E-state index is -3.17. The van der Waals surface area contributed by atoms with Gasteiger partial charge in [-0.1, -0.05) is 24.3 Å². The monoisotopic (exact) mass is 417 g/mol. The Kier molecular flexibility index (Phi) is 4.40. The number of pyridine rings is 1. The van der Waals surface area contributed by atoms with E-state index in [0.717, 1.165) is 17.7 Å². The number of amides is 1. The van der Waals surface area contributed by atoms with Crippen molar-refractivity contribution in [1.29, 1.82) is 0 Å². The van der Waals surface area contributed by atoms with Crippen LogP contribution >= 0.6 is 0 Å². The second-order valence-electron chi connectivity index (χ2n) is 7.30. The molecule has 1 amide bonds. The first kappa shape index (κ1) is 18.6. The Morgan fingerprint density at radius 2 is 1.90 bits per heavy atom. The number of hydrogen-bond acceptors (Lipinski definition) is 4. The Bertz CT molecular complexity index is 1280. The Hall–Kier alpha value is -3.45. The number of nitrogens with one attached hydrogen (secondary N) is 1. The molecule has 1 aliphatic carbocycles. The van der Waals surface area contributed by atoms with Crippen LogP contribution in [-0.4, -0.2) is 31.6 Å². The number of sulfonamides is 1. The van der Waals surface area contributed by atoms with Crippen molar-refractivity contribution in [2.75, 3.05) is 21.9 Å². The van der Waals surface area contributed by atoms with Crippen LogP contribution in [-0.2, 0) is 16.4 Å². The molecule has 1 aliphatic heterocycles. The van der Waals surface area contributed by atoms with Gasteiger partial charge in [0.15, 0.2) is 0 Å². The maximum atomic E-state index is 12.7. The molecule has 150 valence electrons. The molecule has 3 aromatic rings. The summed E-state index contributed by atoms with van der Waals surface area (Å²) in [5.41, 5.74) is 5.97. The Labute approximate surface area is 174 Å². The van der Waals surface area contributed by atoms with Gasteiger partial charge >= 0.3 is 0 Å². The molecule has 2 aromatic carbocycles. The summed E-state index contributed by atoms with van der Waals surface area (Å²) in [6.45, 7) is 0.480. The minimum Gasteiger partial charge on any atom is -0.322 e. The molecule has 2 aliphatic rings. The molecule has 0 bridgehead atoms. The molecule has 7 heteroatoms. The summed E-state index contributed by atoms with van der Waals surface area (Å²) >= 11 is 0. The number of hydrogen-bond donors (Lipinski definition) is 1. The highest BCUT2D eigenvalue weighted by Crippen LogP contribution is 2.30. The molecule has 30 heavy (non-hydrogen) atoms. The smallest absolute Gasteiger partial charge is 0.255 e. The Morgan fingerprint density at radius 3 is 2.63 bits per heavy atom. The fraction of sp³-hybridized carbons (Fsp3) is 0.130. The van der Waals surface area contributed by atoms with Gasteiger partial charge < -0.3 is 5.32 Å². The van der Waals surface area contributed by atoms with Gasteiger partial charge in [-0.25, -0.2) is 8.42 Å². The molecule has 1 saturated heterocycles. The van der Waals surface area contributed by atoms with Crippen LogP contribution in [0.15, 0.2) is 66.9 Å². The van der Waals surface area contributed by atoms with Crippen LogP contribution in [0.5, 0.6) is 0 Å². The van der Waals surface area contributed by atoms with E-state index in [0.29, 0.717) is 23.5 Å². The number of rotatable bonds is 4. The third-order valence-electron chi connectivity index (χ3n) is 5.41. The number of carbonyl (C=O) groups is 1. The second-order valence-corrected chi connectivity index (χ2v) is 9.32. The van der Waals surface area contributed by atoms with Gasteiger partial charge in [0.2, 0.25) is 10.0 Å². The van der Waals surface area contributed by atoms with Crippen molar-refractivity contribution in [3.8, 4) is 11.3 Å². The van der Waals surface area contributed by atoms with E-state index in [-0.39, 0.29) is 11.7 Å². The normalized spacial score (nSPS) is 16.1. The summed E-state index contributed by atoms with van der Waals surface area (Å²) in [4.78, 5) is 17.2. The predicted molar refractivity (Wildman–Crippen MR) is 118 cm³/mol. The van der Waals surface area contributed by atoms with E-state index >= 15 is 0 Å². The zero-order valence-corrected chi connectivity index (χ0v) is 16.9. The molecule has 2 heterocycles. The lowest BCUT2D eigenvalue weighted by Crippen LogP contribution is -2.47. The number of nitrogens with zero attached hydrogens (tertiary/aromatic N) is 2. The quantitative estimate of drug-likeness (QED) is 0.702. The van der Waals surface area contributed by atoms with Gasteiger partial charge in [0.1, 0.15) is 0 Å². The number of benzene rings is 2. The van der Waals surface area contributed by atoms with E-state index in [4.69, 9.17) is 0 Å². The summed E-state index contributed by atoms with van der Waals surface area (Å²) in [7, 11) is -3.17. The standard InChI is InChI=1S/C23H19N3O3S/c27-23(17-7-9-20(10-8-17)26-13-14-30(26,28)29)25-19-5-1-4-18(15-19)22-21-6-2-3-16(21)11-12-24-22/h1-5,7-12,15H,6,13-14H2,(H,25,27). The van der Waals surface area contributed by atoms with Gasteiger partial charge in [-0.3, -0.25) is 14.1 Å². The van der Waals surface area contributed by atoms with Crippen molar-refractivity contribution in [2.24, 2.45) is 0 Å². The van der Waals surface area contributed by atoms with Crippen LogP contribution in [0, 0.1) is 0 Å². The number of anilines is 2. The molecule has 5 rings (SSSR count). The molecule has 1 fully saturated rings. The highest BCUT2D eigenvalue weighted by atomic mass is 32.2. The minimum absolute atomic E-state index is 0.168. The lowest BCUT2D eigenvalue weighted by molar-refractivity contribution is 0.102. The van der Waals surface area contributed by atoms with Gasteiger partial charge in [0.05, 0.1) is 17.1 Å². The fourth-order valence-corrected chi connectivity index (χ4v) is 4.88. The fourth-order valence-electron chi connectivity index (χ4n) is 3.78. The van der Waals surface area contributed by atoms with Crippen molar-refractivity contribution in [3.63, 3.8) is 0 Å². The third kappa shape index (κ3) is 3.27. The van der Waals surface area contributed by atoms with E-state index < -0.39 is 10.0 Å². The number of carbonyl (C=O) groups excluding carboxylic acids is 1. The lowest BCUT2D eigenvalue weighted by Gasteiger charge is -2.32. The maximum absolute atomic E-state index is 12.7. The highest BCUT2D eigenvalue weighted by Gasteiger charge is 2.32. The highest BCUT2D eigenvalue weighted by molar-refractivity contribution is 7.94. The van der Waals surface area contributed by atoms with E-state index in [1.807, 2.05) is 30.3 Å². The van der Waals surface area contributed by atoms with Gasteiger partial charge in [-0.15, -0.1) is 0 Å². The van der Waals surface area contributed by atoms with Crippen LogP contribution in [0.25, 0.3) is 17.3 Å². The Morgan fingerprint density at radius 1 is 1.07 bits per heavy atom. The maximum Gasteiger partial charge on any atom is 0.255 e. The molecular formula is C23H19N3O3S. The van der Waals surface area contributed by atoms with Crippen molar-refractivity contribution in [3.05, 3.63) is 83.6 Å². The molecule has 1 aromatic heterocycles. The zero-order valence-electron chi connectivity index (χ0n) is 16.1. The topological polar surface area (TPSA) is 79.4 Å². The summed E-state index contributed by atoms with van der Waals surface area (Å²) in [6, 6.07) is 16.2. The molecular weight excluding hydrogens is 398 g/mol. The van der Waals surface area contributed by atoms with Gasteiger partial charge in [-0.2, -0.15) is 0 Å². The van der Waals surface area contributed by atoms with E-state index in [2.05, 4.69) is 22.5 Å². The molecule has 1 N–H and O–H groups in total. The molecule has 6 nitrogen and oxygen atoms in total. The first-order chi connectivity index (χ1) is 14.5. The third-order valence-corrected chi connectivity index (χ3v) is 7.17. The van der Waals surface area contributed by atoms with E-state index in [1.165, 1.54) is 15.4 Å². The molecule has 0 radical (unpaired) electrons.